The molecular weight excluding hydrogens is 607 g/mol. The van der Waals surface area contributed by atoms with E-state index >= 15 is 8.78 Å². The third-order valence-corrected chi connectivity index (χ3v) is 10.3. The second-order valence-electron chi connectivity index (χ2n) is 10.1. The first kappa shape index (κ1) is 28.9. The van der Waals surface area contributed by atoms with Crippen molar-refractivity contribution in [3.05, 3.63) is 118 Å². The second kappa shape index (κ2) is 11.8. The summed E-state index contributed by atoms with van der Waals surface area (Å²) < 4.78 is 56.7. The van der Waals surface area contributed by atoms with Gasteiger partial charge in [0, 0.05) is 80.3 Å². The zero-order valence-corrected chi connectivity index (χ0v) is 25.5. The van der Waals surface area contributed by atoms with Crippen LogP contribution in [0.1, 0.15) is 22.5 Å². The van der Waals surface area contributed by atoms with Gasteiger partial charge in [-0.05, 0) is 49.2 Å². The molecule has 0 fully saturated rings. The molecule has 0 aliphatic heterocycles. The van der Waals surface area contributed by atoms with E-state index in [4.69, 9.17) is 0 Å². The van der Waals surface area contributed by atoms with Crippen molar-refractivity contribution in [3.63, 3.8) is 0 Å². The largest absolute Gasteiger partial charge is 0.264 e. The quantitative estimate of drug-likeness (QED) is 0.169. The Bertz CT molecular complexity index is 1930. The van der Waals surface area contributed by atoms with Gasteiger partial charge < -0.3 is 0 Å². The molecule has 0 bridgehead atoms. The van der Waals surface area contributed by atoms with Gasteiger partial charge >= 0.3 is 0 Å². The van der Waals surface area contributed by atoms with Crippen LogP contribution in [0.25, 0.3) is 43.4 Å². The summed E-state index contributed by atoms with van der Waals surface area (Å²) >= 11 is 2.96. The highest BCUT2D eigenvalue weighted by Crippen LogP contribution is 2.35. The zero-order valence-electron chi connectivity index (χ0n) is 23.1. The lowest BCUT2D eigenvalue weighted by Crippen LogP contribution is -2.10. The van der Waals surface area contributed by atoms with Gasteiger partial charge in [-0.3, -0.25) is 9.97 Å². The van der Waals surface area contributed by atoms with Gasteiger partial charge in [0.1, 0.15) is 21.6 Å². The molecule has 0 atom stereocenters. The first-order chi connectivity index (χ1) is 20.7. The van der Waals surface area contributed by atoms with Crippen molar-refractivity contribution in [2.75, 3.05) is 0 Å². The fourth-order valence-corrected chi connectivity index (χ4v) is 7.96. The smallest absolute Gasteiger partial charge is 0.158 e. The lowest BCUT2D eigenvalue weighted by Gasteiger charge is -2.11. The van der Waals surface area contributed by atoms with Crippen molar-refractivity contribution < 1.29 is 17.2 Å². The van der Waals surface area contributed by atoms with Crippen LogP contribution in [-0.4, -0.2) is 28.4 Å². The lowest BCUT2D eigenvalue weighted by atomic mass is 10.0. The second-order valence-corrected chi connectivity index (χ2v) is 13.9. The topological polar surface area (TPSA) is 85.7 Å². The molecule has 0 amide bonds. The predicted octanol–water partition coefficient (Wildman–Crippen LogP) is 8.07. The Labute approximate surface area is 255 Å². The molecule has 2 aromatic carbocycles. The van der Waals surface area contributed by atoms with Crippen molar-refractivity contribution in [1.29, 1.82) is 0 Å². The van der Waals surface area contributed by atoms with Gasteiger partial charge in [0.2, 0.25) is 0 Å². The molecule has 0 radical (unpaired) electrons. The SMILES string of the molecule is Cc1csc(-c2ccncc2-c2ccc(CS(=O)(=O)Cc3ccc(-c4cnccc4-c4nc(C)cs4)cc3F)c(F)c2)n1. The Balaban J connectivity index is 1.22. The van der Waals surface area contributed by atoms with E-state index in [-0.39, 0.29) is 11.1 Å². The number of thiazole rings is 2. The van der Waals surface area contributed by atoms with E-state index in [1.165, 1.54) is 46.9 Å². The molecule has 6 nitrogen and oxygen atoms in total. The monoisotopic (exact) mass is 630 g/mol. The normalized spacial score (nSPS) is 11.6. The Morgan fingerprint density at radius 3 is 1.47 bits per heavy atom. The minimum atomic E-state index is -3.91. The van der Waals surface area contributed by atoms with E-state index in [0.717, 1.165) is 32.5 Å². The summed E-state index contributed by atoms with van der Waals surface area (Å²) in [5, 5.41) is 5.44. The molecular formula is C32H24F2N4O2S3. The van der Waals surface area contributed by atoms with Crippen LogP contribution in [0.15, 0.2) is 84.1 Å². The predicted molar refractivity (Wildman–Crippen MR) is 167 cm³/mol. The highest BCUT2D eigenvalue weighted by atomic mass is 32.2. The molecule has 0 aliphatic carbocycles. The molecule has 0 aliphatic rings. The molecule has 0 saturated heterocycles. The fourth-order valence-electron chi connectivity index (χ4n) is 4.77. The number of aryl methyl sites for hydroxylation is 2. The minimum absolute atomic E-state index is 0.00931. The van der Waals surface area contributed by atoms with E-state index in [0.29, 0.717) is 22.3 Å². The van der Waals surface area contributed by atoms with Crippen LogP contribution >= 0.6 is 22.7 Å². The summed E-state index contributed by atoms with van der Waals surface area (Å²) in [6.07, 6.45) is 6.57. The first-order valence-electron chi connectivity index (χ1n) is 13.2. The molecule has 6 rings (SSSR count). The van der Waals surface area contributed by atoms with Gasteiger partial charge in [0.25, 0.3) is 0 Å². The molecule has 0 saturated carbocycles. The van der Waals surface area contributed by atoms with E-state index in [1.54, 1.807) is 36.9 Å². The summed E-state index contributed by atoms with van der Waals surface area (Å²) in [5.41, 5.74) is 5.89. The summed E-state index contributed by atoms with van der Waals surface area (Å²) in [6, 6.07) is 12.5. The standard InChI is InChI=1S/C32H24F2N4O2S3/c1-19-15-41-31(37-19)25-7-9-35-13-27(25)21-3-5-23(29(33)11-21)17-43(39,40)18-24-6-4-22(12-30(24)34)28-14-36-10-8-26(28)32-38-20(2)16-42-32/h3-16H,17-18H2,1-2H3. The molecule has 43 heavy (non-hydrogen) atoms. The van der Waals surface area contributed by atoms with E-state index in [9.17, 15) is 8.42 Å². The zero-order chi connectivity index (χ0) is 30.1. The van der Waals surface area contributed by atoms with Gasteiger partial charge in [-0.25, -0.2) is 27.2 Å². The number of nitrogens with zero attached hydrogens (tertiary/aromatic N) is 4. The molecule has 11 heteroatoms. The number of sulfone groups is 1. The number of rotatable bonds is 8. The van der Waals surface area contributed by atoms with Crippen molar-refractivity contribution in [2.24, 2.45) is 0 Å². The fraction of sp³-hybridized carbons (Fsp3) is 0.125. The summed E-state index contributed by atoms with van der Waals surface area (Å²) in [6.45, 7) is 3.80. The van der Waals surface area contributed by atoms with Crippen LogP contribution in [0, 0.1) is 25.5 Å². The number of hydrogen-bond donors (Lipinski definition) is 0. The van der Waals surface area contributed by atoms with Gasteiger partial charge in [0.05, 0.1) is 11.5 Å². The number of benzene rings is 2. The highest BCUT2D eigenvalue weighted by molar-refractivity contribution is 7.89. The van der Waals surface area contributed by atoms with Crippen LogP contribution in [0.2, 0.25) is 0 Å². The number of pyridine rings is 2. The highest BCUT2D eigenvalue weighted by Gasteiger charge is 2.20. The van der Waals surface area contributed by atoms with Crippen LogP contribution in [-0.2, 0) is 21.3 Å². The van der Waals surface area contributed by atoms with Crippen LogP contribution in [0.4, 0.5) is 8.78 Å². The number of aromatic nitrogens is 4. The van der Waals surface area contributed by atoms with Crippen molar-refractivity contribution in [1.82, 2.24) is 19.9 Å². The summed E-state index contributed by atoms with van der Waals surface area (Å²) in [7, 11) is -3.91. The van der Waals surface area contributed by atoms with Crippen LogP contribution < -0.4 is 0 Å². The molecule has 216 valence electrons. The molecule has 4 aromatic heterocycles. The van der Waals surface area contributed by atoms with Gasteiger partial charge in [-0.2, -0.15) is 0 Å². The Morgan fingerprint density at radius 2 is 1.09 bits per heavy atom. The van der Waals surface area contributed by atoms with Crippen LogP contribution in [0.3, 0.4) is 0 Å². The van der Waals surface area contributed by atoms with Crippen molar-refractivity contribution >= 4 is 32.5 Å². The van der Waals surface area contributed by atoms with Gasteiger partial charge in [-0.15, -0.1) is 22.7 Å². The van der Waals surface area contributed by atoms with Crippen molar-refractivity contribution in [3.8, 4) is 43.4 Å². The average Bonchev–Trinajstić information content (AvgIpc) is 3.63. The molecule has 0 unspecified atom stereocenters. The summed E-state index contributed by atoms with van der Waals surface area (Å²) in [4.78, 5) is 17.4. The third-order valence-electron chi connectivity index (χ3n) is 6.82. The number of hydrogen-bond acceptors (Lipinski definition) is 8. The minimum Gasteiger partial charge on any atom is -0.264 e. The third kappa shape index (κ3) is 6.29. The van der Waals surface area contributed by atoms with E-state index in [1.807, 2.05) is 36.7 Å². The maximum absolute atomic E-state index is 15.3. The van der Waals surface area contributed by atoms with Crippen LogP contribution in [0.5, 0.6) is 0 Å². The van der Waals surface area contributed by atoms with Gasteiger partial charge in [-0.1, -0.05) is 24.3 Å². The number of halogens is 2. The van der Waals surface area contributed by atoms with Gasteiger partial charge in [0.15, 0.2) is 9.84 Å². The maximum Gasteiger partial charge on any atom is 0.158 e. The Hall–Kier alpha value is -4.19. The average molecular weight is 631 g/mol. The lowest BCUT2D eigenvalue weighted by molar-refractivity contribution is 0.581. The van der Waals surface area contributed by atoms with E-state index < -0.39 is 33.0 Å². The molecule has 6 aromatic rings. The Kier molecular flexibility index (Phi) is 7.95. The molecule has 4 heterocycles. The molecule has 0 spiro atoms. The first-order valence-corrected chi connectivity index (χ1v) is 16.8. The Morgan fingerprint density at radius 1 is 0.651 bits per heavy atom. The maximum atomic E-state index is 15.3. The molecule has 0 N–H and O–H groups in total. The summed E-state index contributed by atoms with van der Waals surface area (Å²) in [5.74, 6) is -2.46. The van der Waals surface area contributed by atoms with Crippen molar-refractivity contribution in [2.45, 2.75) is 25.4 Å². The van der Waals surface area contributed by atoms with E-state index in [2.05, 4.69) is 19.9 Å².